The molecule has 18 heavy (non-hydrogen) atoms. The Morgan fingerprint density at radius 2 is 2.06 bits per heavy atom. The van der Waals surface area contributed by atoms with E-state index >= 15 is 0 Å². The zero-order valence-electron chi connectivity index (χ0n) is 11.0. The van der Waals surface area contributed by atoms with Crippen LogP contribution in [-0.4, -0.2) is 58.9 Å². The van der Waals surface area contributed by atoms with Gasteiger partial charge >= 0.3 is 5.97 Å². The van der Waals surface area contributed by atoms with Crippen LogP contribution in [0.25, 0.3) is 0 Å². The van der Waals surface area contributed by atoms with Gasteiger partial charge in [-0.15, -0.1) is 0 Å². The molecular weight excluding hydrogens is 236 g/mol. The molecule has 1 aliphatic rings. The van der Waals surface area contributed by atoms with Gasteiger partial charge in [-0.05, 0) is 12.3 Å². The van der Waals surface area contributed by atoms with E-state index in [0.717, 1.165) is 6.42 Å². The average molecular weight is 256 g/mol. The molecule has 1 fully saturated rings. The monoisotopic (exact) mass is 256 g/mol. The highest BCUT2D eigenvalue weighted by molar-refractivity contribution is 5.90. The Morgan fingerprint density at radius 1 is 1.44 bits per heavy atom. The number of carbonyl (C=O) groups is 3. The topological polar surface area (TPSA) is 77.9 Å². The fourth-order valence-electron chi connectivity index (χ4n) is 2.25. The third kappa shape index (κ3) is 3.21. The molecule has 0 unspecified atom stereocenters. The van der Waals surface area contributed by atoms with E-state index in [1.807, 2.05) is 13.8 Å². The second-order valence-electron chi connectivity index (χ2n) is 4.97. The van der Waals surface area contributed by atoms with Crippen LogP contribution in [-0.2, 0) is 14.4 Å². The molecule has 1 saturated heterocycles. The lowest BCUT2D eigenvalue weighted by Gasteiger charge is -2.32. The van der Waals surface area contributed by atoms with Crippen molar-refractivity contribution in [2.75, 3.05) is 20.1 Å². The Morgan fingerprint density at radius 3 is 2.44 bits per heavy atom. The smallest absolute Gasteiger partial charge is 0.323 e. The summed E-state index contributed by atoms with van der Waals surface area (Å²) in [6, 6.07) is -0.552. The second kappa shape index (κ2) is 5.84. The molecule has 0 spiro atoms. The number of likely N-dealkylation sites (tertiary alicyclic amines) is 1. The van der Waals surface area contributed by atoms with Crippen molar-refractivity contribution < 1.29 is 19.5 Å². The molecule has 0 saturated carbocycles. The maximum atomic E-state index is 12.2. The van der Waals surface area contributed by atoms with Crippen LogP contribution in [0, 0.1) is 5.92 Å². The molecule has 6 heteroatoms. The molecule has 1 N–H and O–H groups in total. The van der Waals surface area contributed by atoms with E-state index < -0.39 is 12.0 Å². The van der Waals surface area contributed by atoms with E-state index in [4.69, 9.17) is 5.11 Å². The minimum absolute atomic E-state index is 0.0224. The van der Waals surface area contributed by atoms with Gasteiger partial charge in [0.05, 0.1) is 0 Å². The summed E-state index contributed by atoms with van der Waals surface area (Å²) in [6.07, 6.45) is 1.23. The fourth-order valence-corrected chi connectivity index (χ4v) is 2.25. The molecule has 0 bridgehead atoms. The summed E-state index contributed by atoms with van der Waals surface area (Å²) in [5.41, 5.74) is 0. The van der Waals surface area contributed by atoms with Crippen molar-refractivity contribution in [1.82, 2.24) is 9.80 Å². The molecule has 102 valence electrons. The summed E-state index contributed by atoms with van der Waals surface area (Å²) in [6.45, 7) is 3.96. The van der Waals surface area contributed by atoms with Crippen LogP contribution in [0.2, 0.25) is 0 Å². The Hall–Kier alpha value is -1.59. The van der Waals surface area contributed by atoms with Crippen molar-refractivity contribution in [3.8, 4) is 0 Å². The molecule has 0 radical (unpaired) electrons. The number of carbonyl (C=O) groups excluding carboxylic acids is 2. The lowest BCUT2D eigenvalue weighted by atomic mass is 10.0. The SMILES string of the molecule is CC(C)[C@@H](C(=O)N(C)CC(=O)O)N1CCCC1=O. The summed E-state index contributed by atoms with van der Waals surface area (Å²) >= 11 is 0. The van der Waals surface area contributed by atoms with Gasteiger partial charge in [-0.1, -0.05) is 13.8 Å². The van der Waals surface area contributed by atoms with Gasteiger partial charge in [-0.3, -0.25) is 14.4 Å². The van der Waals surface area contributed by atoms with Crippen LogP contribution < -0.4 is 0 Å². The number of carboxylic acid groups (broad SMARTS) is 1. The van der Waals surface area contributed by atoms with Gasteiger partial charge < -0.3 is 14.9 Å². The van der Waals surface area contributed by atoms with Gasteiger partial charge in [-0.2, -0.15) is 0 Å². The minimum Gasteiger partial charge on any atom is -0.480 e. The van der Waals surface area contributed by atoms with Gasteiger partial charge in [0, 0.05) is 20.0 Å². The van der Waals surface area contributed by atoms with Gasteiger partial charge in [0.2, 0.25) is 11.8 Å². The van der Waals surface area contributed by atoms with Crippen LogP contribution in [0.15, 0.2) is 0 Å². The molecule has 1 heterocycles. The van der Waals surface area contributed by atoms with Crippen molar-refractivity contribution in [3.05, 3.63) is 0 Å². The lowest BCUT2D eigenvalue weighted by molar-refractivity contribution is -0.149. The van der Waals surface area contributed by atoms with E-state index in [-0.39, 0.29) is 24.3 Å². The highest BCUT2D eigenvalue weighted by Crippen LogP contribution is 2.20. The van der Waals surface area contributed by atoms with Crippen molar-refractivity contribution in [2.24, 2.45) is 5.92 Å². The number of amides is 2. The summed E-state index contributed by atoms with van der Waals surface area (Å²) in [4.78, 5) is 37.3. The summed E-state index contributed by atoms with van der Waals surface area (Å²) in [5.74, 6) is -1.41. The Bertz CT molecular complexity index is 354. The van der Waals surface area contributed by atoms with Crippen LogP contribution in [0.1, 0.15) is 26.7 Å². The van der Waals surface area contributed by atoms with Gasteiger partial charge in [0.1, 0.15) is 12.6 Å². The predicted octanol–water partition coefficient (Wildman–Crippen LogP) is 0.176. The Balaban J connectivity index is 2.81. The molecule has 1 aliphatic heterocycles. The molecule has 0 aromatic carbocycles. The number of aliphatic carboxylic acids is 1. The van der Waals surface area contributed by atoms with Crippen molar-refractivity contribution in [1.29, 1.82) is 0 Å². The van der Waals surface area contributed by atoms with E-state index in [9.17, 15) is 14.4 Å². The fraction of sp³-hybridized carbons (Fsp3) is 0.750. The van der Waals surface area contributed by atoms with E-state index in [0.29, 0.717) is 13.0 Å². The zero-order valence-corrected chi connectivity index (χ0v) is 11.0. The third-order valence-corrected chi connectivity index (χ3v) is 3.08. The first-order valence-electron chi connectivity index (χ1n) is 6.10. The van der Waals surface area contributed by atoms with E-state index in [1.165, 1.54) is 11.9 Å². The lowest BCUT2D eigenvalue weighted by Crippen LogP contribution is -2.51. The van der Waals surface area contributed by atoms with Gasteiger partial charge in [0.15, 0.2) is 0 Å². The molecule has 2 amide bonds. The van der Waals surface area contributed by atoms with Crippen molar-refractivity contribution in [2.45, 2.75) is 32.7 Å². The quantitative estimate of drug-likeness (QED) is 0.761. The minimum atomic E-state index is -1.05. The third-order valence-electron chi connectivity index (χ3n) is 3.08. The summed E-state index contributed by atoms with van der Waals surface area (Å²) in [7, 11) is 1.45. The van der Waals surface area contributed by atoms with Crippen LogP contribution >= 0.6 is 0 Å². The van der Waals surface area contributed by atoms with Crippen LogP contribution in [0.4, 0.5) is 0 Å². The first-order chi connectivity index (χ1) is 8.34. The number of rotatable bonds is 5. The number of nitrogens with zero attached hydrogens (tertiary/aromatic N) is 2. The zero-order chi connectivity index (χ0) is 13.9. The predicted molar refractivity (Wildman–Crippen MR) is 64.8 cm³/mol. The standard InChI is InChI=1S/C12H20N2O4/c1-8(2)11(14-6-4-5-9(14)15)12(18)13(3)7-10(16)17/h8,11H,4-7H2,1-3H3,(H,16,17)/t11-/m0/s1. The molecule has 0 aromatic rings. The van der Waals surface area contributed by atoms with Gasteiger partial charge in [0.25, 0.3) is 0 Å². The van der Waals surface area contributed by atoms with E-state index in [2.05, 4.69) is 0 Å². The van der Waals surface area contributed by atoms with Gasteiger partial charge in [-0.25, -0.2) is 0 Å². The maximum absolute atomic E-state index is 12.2. The maximum Gasteiger partial charge on any atom is 0.323 e. The summed E-state index contributed by atoms with van der Waals surface area (Å²) in [5, 5.41) is 8.70. The normalized spacial score (nSPS) is 17.1. The average Bonchev–Trinajstić information content (AvgIpc) is 2.63. The largest absolute Gasteiger partial charge is 0.480 e. The number of likely N-dealkylation sites (N-methyl/N-ethyl adjacent to an activating group) is 1. The number of hydrogen-bond acceptors (Lipinski definition) is 3. The molecule has 6 nitrogen and oxygen atoms in total. The highest BCUT2D eigenvalue weighted by Gasteiger charge is 2.36. The Labute approximate surface area is 107 Å². The van der Waals surface area contributed by atoms with Crippen LogP contribution in [0.5, 0.6) is 0 Å². The Kier molecular flexibility index (Phi) is 4.69. The van der Waals surface area contributed by atoms with Crippen molar-refractivity contribution in [3.63, 3.8) is 0 Å². The number of carboxylic acids is 1. The van der Waals surface area contributed by atoms with E-state index in [1.54, 1.807) is 4.90 Å². The van der Waals surface area contributed by atoms with Crippen molar-refractivity contribution >= 4 is 17.8 Å². The molecule has 1 atom stereocenters. The van der Waals surface area contributed by atoms with Crippen LogP contribution in [0.3, 0.4) is 0 Å². The molecule has 0 aliphatic carbocycles. The molecular formula is C12H20N2O4. The molecule has 0 aromatic heterocycles. The molecule has 1 rings (SSSR count). The highest BCUT2D eigenvalue weighted by atomic mass is 16.4. The first-order valence-corrected chi connectivity index (χ1v) is 6.10. The first kappa shape index (κ1) is 14.5. The second-order valence-corrected chi connectivity index (χ2v) is 4.97. The summed E-state index contributed by atoms with van der Waals surface area (Å²) < 4.78 is 0. The number of hydrogen-bond donors (Lipinski definition) is 1.